The summed E-state index contributed by atoms with van der Waals surface area (Å²) in [4.78, 5) is 27.4. The van der Waals surface area contributed by atoms with Crippen molar-refractivity contribution in [1.29, 1.82) is 0 Å². The summed E-state index contributed by atoms with van der Waals surface area (Å²) in [7, 11) is 1.77. The molecule has 0 radical (unpaired) electrons. The maximum absolute atomic E-state index is 12.4. The second-order valence-corrected chi connectivity index (χ2v) is 6.84. The number of piperidine rings is 1. The molecular weight excluding hydrogens is 334 g/mol. The van der Waals surface area contributed by atoms with Crippen LogP contribution in [0.5, 0.6) is 0 Å². The first-order valence-electron chi connectivity index (χ1n) is 9.40. The first-order valence-corrected chi connectivity index (χ1v) is 9.40. The van der Waals surface area contributed by atoms with Crippen molar-refractivity contribution in [3.05, 3.63) is 11.7 Å². The van der Waals surface area contributed by atoms with Gasteiger partial charge in [-0.25, -0.2) is 0 Å². The molecule has 144 valence electrons. The first-order chi connectivity index (χ1) is 12.7. The molecule has 2 aliphatic heterocycles. The smallest absolute Gasteiger partial charge is 0.236 e. The van der Waals surface area contributed by atoms with Gasteiger partial charge in [0.1, 0.15) is 0 Å². The Labute approximate surface area is 154 Å². The Morgan fingerprint density at radius 1 is 1.12 bits per heavy atom. The minimum Gasteiger partial charge on any atom is -0.349 e. The SMILES string of the molecule is CN=C(NCc1noc(C)n1)N1CCN(CC(=O)N2CCCCC2)CC1. The minimum absolute atomic E-state index is 0.271. The predicted octanol–water partition coefficient (Wildman–Crippen LogP) is 0.0835. The maximum atomic E-state index is 12.4. The highest BCUT2D eigenvalue weighted by atomic mass is 16.5. The van der Waals surface area contributed by atoms with Crippen LogP contribution in [0.2, 0.25) is 0 Å². The number of aromatic nitrogens is 2. The average Bonchev–Trinajstić information content (AvgIpc) is 3.09. The number of carbonyl (C=O) groups is 1. The monoisotopic (exact) mass is 363 g/mol. The Morgan fingerprint density at radius 3 is 2.46 bits per heavy atom. The highest BCUT2D eigenvalue weighted by Crippen LogP contribution is 2.10. The Morgan fingerprint density at radius 2 is 1.85 bits per heavy atom. The number of nitrogens with one attached hydrogen (secondary N) is 1. The molecule has 26 heavy (non-hydrogen) atoms. The lowest BCUT2D eigenvalue weighted by Gasteiger charge is -2.37. The highest BCUT2D eigenvalue weighted by Gasteiger charge is 2.24. The molecule has 1 aromatic rings. The van der Waals surface area contributed by atoms with Crippen molar-refractivity contribution in [2.24, 2.45) is 4.99 Å². The third kappa shape index (κ3) is 4.94. The van der Waals surface area contributed by atoms with Gasteiger partial charge in [0.05, 0.1) is 13.1 Å². The van der Waals surface area contributed by atoms with E-state index in [1.165, 1.54) is 6.42 Å². The number of amides is 1. The number of rotatable bonds is 4. The van der Waals surface area contributed by atoms with E-state index >= 15 is 0 Å². The molecule has 0 aromatic carbocycles. The van der Waals surface area contributed by atoms with Crippen LogP contribution in [0.25, 0.3) is 0 Å². The Hall–Kier alpha value is -2.16. The third-order valence-electron chi connectivity index (χ3n) is 4.93. The molecule has 3 rings (SSSR count). The van der Waals surface area contributed by atoms with Crippen molar-refractivity contribution in [2.75, 3.05) is 52.9 Å². The zero-order chi connectivity index (χ0) is 18.4. The number of hydrogen-bond donors (Lipinski definition) is 1. The fourth-order valence-corrected chi connectivity index (χ4v) is 3.46. The summed E-state index contributed by atoms with van der Waals surface area (Å²) in [6.45, 7) is 8.05. The van der Waals surface area contributed by atoms with Gasteiger partial charge in [-0.2, -0.15) is 4.98 Å². The summed E-state index contributed by atoms with van der Waals surface area (Å²) >= 11 is 0. The van der Waals surface area contributed by atoms with Gasteiger partial charge in [0.15, 0.2) is 11.8 Å². The third-order valence-corrected chi connectivity index (χ3v) is 4.93. The van der Waals surface area contributed by atoms with Gasteiger partial charge in [-0.1, -0.05) is 5.16 Å². The topological polar surface area (TPSA) is 90.1 Å². The number of nitrogens with zero attached hydrogens (tertiary/aromatic N) is 6. The van der Waals surface area contributed by atoms with Gasteiger partial charge in [-0.3, -0.25) is 14.7 Å². The van der Waals surface area contributed by atoms with Crippen LogP contribution < -0.4 is 5.32 Å². The van der Waals surface area contributed by atoms with E-state index in [9.17, 15) is 4.79 Å². The molecule has 1 amide bonds. The van der Waals surface area contributed by atoms with Gasteiger partial charge in [0.2, 0.25) is 11.8 Å². The van der Waals surface area contributed by atoms with Crippen LogP contribution in [0.3, 0.4) is 0 Å². The van der Waals surface area contributed by atoms with Gasteiger partial charge in [-0.15, -0.1) is 0 Å². The van der Waals surface area contributed by atoms with E-state index in [1.54, 1.807) is 14.0 Å². The molecule has 0 unspecified atom stereocenters. The number of aryl methyl sites for hydroxylation is 1. The lowest BCUT2D eigenvalue weighted by atomic mass is 10.1. The van der Waals surface area contributed by atoms with E-state index in [-0.39, 0.29) is 5.91 Å². The van der Waals surface area contributed by atoms with Crippen molar-refractivity contribution >= 4 is 11.9 Å². The van der Waals surface area contributed by atoms with Crippen LogP contribution in [-0.2, 0) is 11.3 Å². The quantitative estimate of drug-likeness (QED) is 0.599. The summed E-state index contributed by atoms with van der Waals surface area (Å²) in [5.74, 6) is 2.28. The number of guanidine groups is 1. The van der Waals surface area contributed by atoms with Gasteiger partial charge in [0.25, 0.3) is 0 Å². The number of piperazine rings is 1. The summed E-state index contributed by atoms with van der Waals surface area (Å²) in [6.07, 6.45) is 3.53. The van der Waals surface area contributed by atoms with Crippen LogP contribution in [0.4, 0.5) is 0 Å². The first kappa shape index (κ1) is 18.6. The van der Waals surface area contributed by atoms with Crippen LogP contribution in [-0.4, -0.2) is 89.6 Å². The average molecular weight is 363 g/mol. The zero-order valence-electron chi connectivity index (χ0n) is 15.8. The van der Waals surface area contributed by atoms with E-state index in [1.807, 2.05) is 4.90 Å². The molecule has 0 saturated carbocycles. The number of aliphatic imine (C=N–C) groups is 1. The molecule has 9 nitrogen and oxygen atoms in total. The standard InChI is InChI=1S/C17H29N7O2/c1-14-20-15(21-26-14)12-19-17(18-2)24-10-8-22(9-11-24)13-16(25)23-6-4-3-5-7-23/h3-13H2,1-2H3,(H,18,19). The molecule has 0 atom stereocenters. The molecule has 2 fully saturated rings. The van der Waals surface area contributed by atoms with Crippen LogP contribution in [0.15, 0.2) is 9.52 Å². The van der Waals surface area contributed by atoms with E-state index in [0.29, 0.717) is 24.8 Å². The molecule has 2 aliphatic rings. The molecule has 0 aliphatic carbocycles. The largest absolute Gasteiger partial charge is 0.349 e. The number of likely N-dealkylation sites (tertiary alicyclic amines) is 1. The Kier molecular flexibility index (Phi) is 6.43. The molecule has 1 aromatic heterocycles. The van der Waals surface area contributed by atoms with Gasteiger partial charge < -0.3 is 19.6 Å². The molecule has 9 heteroatoms. The second-order valence-electron chi connectivity index (χ2n) is 6.84. The van der Waals surface area contributed by atoms with Crippen molar-refractivity contribution in [3.8, 4) is 0 Å². The molecule has 1 N–H and O–H groups in total. The molecular formula is C17H29N7O2. The highest BCUT2D eigenvalue weighted by molar-refractivity contribution is 5.80. The van der Waals surface area contributed by atoms with Gasteiger partial charge in [-0.05, 0) is 19.3 Å². The van der Waals surface area contributed by atoms with E-state index in [4.69, 9.17) is 4.52 Å². The second kappa shape index (κ2) is 8.98. The fourth-order valence-electron chi connectivity index (χ4n) is 3.46. The molecule has 0 bridgehead atoms. The number of hydrogen-bond acceptors (Lipinski definition) is 6. The van der Waals surface area contributed by atoms with E-state index in [2.05, 4.69) is 30.2 Å². The summed E-state index contributed by atoms with van der Waals surface area (Å²) < 4.78 is 4.98. The maximum Gasteiger partial charge on any atom is 0.236 e. The van der Waals surface area contributed by atoms with Gasteiger partial charge in [0, 0.05) is 53.2 Å². The van der Waals surface area contributed by atoms with Crippen LogP contribution in [0.1, 0.15) is 31.0 Å². The number of carbonyl (C=O) groups excluding carboxylic acids is 1. The summed E-state index contributed by atoms with van der Waals surface area (Å²) in [5, 5.41) is 7.16. The van der Waals surface area contributed by atoms with E-state index in [0.717, 1.165) is 58.1 Å². The molecule has 2 saturated heterocycles. The zero-order valence-corrected chi connectivity index (χ0v) is 15.8. The van der Waals surface area contributed by atoms with Crippen molar-refractivity contribution in [1.82, 2.24) is 30.2 Å². The van der Waals surface area contributed by atoms with Crippen molar-refractivity contribution < 1.29 is 9.32 Å². The molecule has 0 spiro atoms. The lowest BCUT2D eigenvalue weighted by Crippen LogP contribution is -2.54. The summed E-state index contributed by atoms with van der Waals surface area (Å²) in [6, 6.07) is 0. The fraction of sp³-hybridized carbons (Fsp3) is 0.765. The van der Waals surface area contributed by atoms with Gasteiger partial charge >= 0.3 is 0 Å². The van der Waals surface area contributed by atoms with E-state index < -0.39 is 0 Å². The van der Waals surface area contributed by atoms with Crippen LogP contribution >= 0.6 is 0 Å². The van der Waals surface area contributed by atoms with Crippen LogP contribution in [0, 0.1) is 6.92 Å². The predicted molar refractivity (Wildman–Crippen MR) is 97.7 cm³/mol. The minimum atomic E-state index is 0.271. The lowest BCUT2D eigenvalue weighted by molar-refractivity contribution is -0.133. The van der Waals surface area contributed by atoms with Crippen molar-refractivity contribution in [2.45, 2.75) is 32.7 Å². The van der Waals surface area contributed by atoms with Crippen molar-refractivity contribution in [3.63, 3.8) is 0 Å². The normalized spacial score (nSPS) is 19.7. The Bertz CT molecular complexity index is 616. The summed E-state index contributed by atoms with van der Waals surface area (Å²) in [5.41, 5.74) is 0. The Balaban J connectivity index is 1.42. The molecule has 3 heterocycles.